The van der Waals surface area contributed by atoms with Crippen LogP contribution in [0.15, 0.2) is 36.7 Å². The summed E-state index contributed by atoms with van der Waals surface area (Å²) >= 11 is 0. The van der Waals surface area contributed by atoms with Crippen LogP contribution in [0.2, 0.25) is 18.1 Å². The van der Waals surface area contributed by atoms with Gasteiger partial charge in [-0.3, -0.25) is 4.39 Å². The summed E-state index contributed by atoms with van der Waals surface area (Å²) in [5.41, 5.74) is 1.44. The van der Waals surface area contributed by atoms with Crippen molar-refractivity contribution in [1.29, 1.82) is 0 Å². The number of halogens is 1. The number of carbonyl (C=O) groups is 1. The second-order valence-corrected chi connectivity index (χ2v) is 17.5. The van der Waals surface area contributed by atoms with E-state index < -0.39 is 20.0 Å². The van der Waals surface area contributed by atoms with Crippen LogP contribution in [-0.2, 0) is 4.74 Å². The minimum absolute atomic E-state index is 0.0653. The fourth-order valence-electron chi connectivity index (χ4n) is 4.33. The average molecular weight is 541 g/mol. The smallest absolute Gasteiger partial charge is 0.419 e. The molecule has 3 aromatic rings. The summed E-state index contributed by atoms with van der Waals surface area (Å²) in [6.45, 7) is 17.8. The van der Waals surface area contributed by atoms with E-state index in [0.717, 1.165) is 42.6 Å². The van der Waals surface area contributed by atoms with E-state index in [-0.39, 0.29) is 17.6 Å². The summed E-state index contributed by atoms with van der Waals surface area (Å²) in [5, 5.41) is 0.940. The fraction of sp³-hybridized carbons (Fsp3) is 0.552. The second-order valence-electron chi connectivity index (χ2n) is 12.8. The van der Waals surface area contributed by atoms with E-state index in [0.29, 0.717) is 17.2 Å². The number of aromatic nitrogens is 3. The van der Waals surface area contributed by atoms with Gasteiger partial charge in [0.15, 0.2) is 0 Å². The van der Waals surface area contributed by atoms with Crippen LogP contribution in [0.25, 0.3) is 22.2 Å². The van der Waals surface area contributed by atoms with Gasteiger partial charge in [-0.2, -0.15) is 0 Å². The molecule has 0 amide bonds. The second kappa shape index (κ2) is 10.3. The molecule has 0 bridgehead atoms. The number of rotatable bonds is 5. The number of nitrogens with zero attached hydrogens (tertiary/aromatic N) is 4. The molecule has 0 spiro atoms. The Balaban J connectivity index is 1.71. The van der Waals surface area contributed by atoms with Crippen molar-refractivity contribution in [3.8, 4) is 17.0 Å². The van der Waals surface area contributed by atoms with E-state index in [4.69, 9.17) is 9.16 Å². The van der Waals surface area contributed by atoms with Gasteiger partial charge in [0, 0.05) is 36.4 Å². The Morgan fingerprint density at radius 3 is 2.24 bits per heavy atom. The molecule has 1 aromatic carbocycles. The molecule has 0 atom stereocenters. The van der Waals surface area contributed by atoms with Crippen molar-refractivity contribution in [2.24, 2.45) is 5.92 Å². The highest BCUT2D eigenvalue weighted by molar-refractivity contribution is 6.74. The lowest BCUT2D eigenvalue weighted by Gasteiger charge is -2.36. The fourth-order valence-corrected chi connectivity index (χ4v) is 5.35. The molecule has 38 heavy (non-hydrogen) atoms. The maximum atomic E-state index is 13.4. The molecule has 1 aliphatic heterocycles. The quantitative estimate of drug-likeness (QED) is 0.313. The third kappa shape index (κ3) is 6.03. The zero-order valence-electron chi connectivity index (χ0n) is 24.0. The van der Waals surface area contributed by atoms with E-state index in [1.54, 1.807) is 17.0 Å². The molecule has 0 radical (unpaired) electrons. The average Bonchev–Trinajstić information content (AvgIpc) is 3.21. The topological polar surface area (TPSA) is 69.5 Å². The summed E-state index contributed by atoms with van der Waals surface area (Å²) in [6.07, 6.45) is 4.62. The van der Waals surface area contributed by atoms with Crippen LogP contribution in [0, 0.1) is 5.92 Å². The molecule has 1 aliphatic rings. The number of hydrogen-bond acceptors (Lipinski definition) is 6. The number of carbonyl (C=O) groups excluding carboxylic acids is 1. The normalized spacial score (nSPS) is 15.7. The van der Waals surface area contributed by atoms with Crippen molar-refractivity contribution in [2.75, 3.05) is 24.7 Å². The first-order chi connectivity index (χ1) is 17.7. The number of hydrogen-bond donors (Lipinski definition) is 0. The number of ether oxygens (including phenoxy) is 1. The number of fused-ring (bicyclic) bond motifs is 1. The molecular formula is C29H41FN4O3Si. The van der Waals surface area contributed by atoms with Gasteiger partial charge in [0.2, 0.25) is 14.3 Å². The van der Waals surface area contributed by atoms with Gasteiger partial charge in [-0.05, 0) is 81.9 Å². The molecule has 0 N–H and O–H groups in total. The van der Waals surface area contributed by atoms with Crippen molar-refractivity contribution < 1.29 is 18.3 Å². The first-order valence-electron chi connectivity index (χ1n) is 13.4. The minimum Gasteiger partial charge on any atom is -0.543 e. The lowest BCUT2D eigenvalue weighted by Crippen LogP contribution is -2.43. The molecule has 0 aliphatic carbocycles. The summed E-state index contributed by atoms with van der Waals surface area (Å²) in [7, 11) is -2.03. The van der Waals surface area contributed by atoms with Crippen LogP contribution in [0.5, 0.6) is 5.75 Å². The van der Waals surface area contributed by atoms with Gasteiger partial charge in [-0.15, -0.1) is 0 Å². The Kier molecular flexibility index (Phi) is 7.62. The first-order valence-corrected chi connectivity index (χ1v) is 16.3. The number of anilines is 1. The van der Waals surface area contributed by atoms with E-state index in [2.05, 4.69) is 48.7 Å². The van der Waals surface area contributed by atoms with Crippen LogP contribution in [0.3, 0.4) is 0 Å². The van der Waals surface area contributed by atoms with Gasteiger partial charge in [0.05, 0.1) is 17.9 Å². The molecule has 4 rings (SSSR count). The summed E-state index contributed by atoms with van der Waals surface area (Å²) < 4.78 is 26.9. The van der Waals surface area contributed by atoms with Crippen LogP contribution >= 0.6 is 0 Å². The predicted octanol–water partition coefficient (Wildman–Crippen LogP) is 7.45. The summed E-state index contributed by atoms with van der Waals surface area (Å²) in [5.74, 6) is 1.54. The molecule has 1 saturated heterocycles. The summed E-state index contributed by atoms with van der Waals surface area (Å²) in [6, 6.07) is 7.79. The molecule has 2 aromatic heterocycles. The molecule has 0 unspecified atom stereocenters. The maximum Gasteiger partial charge on any atom is 0.419 e. The van der Waals surface area contributed by atoms with Crippen LogP contribution in [-0.4, -0.2) is 54.3 Å². The molecule has 206 valence electrons. The SMILES string of the molecule is CC(C)(C)OC(=O)n1c(-c2cnc(N3CCC(CF)CC3)nc2)cc2cc(O[Si](C)(C)C(C)(C)C)ccc21. The zero-order valence-corrected chi connectivity index (χ0v) is 25.0. The van der Waals surface area contributed by atoms with Gasteiger partial charge in [-0.1, -0.05) is 20.8 Å². The third-order valence-electron chi connectivity index (χ3n) is 7.58. The monoisotopic (exact) mass is 540 g/mol. The number of benzene rings is 1. The van der Waals surface area contributed by atoms with Gasteiger partial charge in [0.25, 0.3) is 0 Å². The minimum atomic E-state index is -2.03. The van der Waals surface area contributed by atoms with Gasteiger partial charge in [-0.25, -0.2) is 19.3 Å². The Hall–Kier alpha value is -2.94. The zero-order chi connectivity index (χ0) is 27.9. The van der Waals surface area contributed by atoms with Crippen molar-refractivity contribution >= 4 is 31.3 Å². The van der Waals surface area contributed by atoms with Gasteiger partial charge < -0.3 is 14.1 Å². The number of piperidine rings is 1. The Morgan fingerprint density at radius 2 is 1.68 bits per heavy atom. The Labute approximate surface area is 226 Å². The van der Waals surface area contributed by atoms with E-state index in [1.165, 1.54) is 0 Å². The van der Waals surface area contributed by atoms with Crippen molar-refractivity contribution in [1.82, 2.24) is 14.5 Å². The number of alkyl halides is 1. The highest BCUT2D eigenvalue weighted by Crippen LogP contribution is 2.39. The lowest BCUT2D eigenvalue weighted by molar-refractivity contribution is 0.0547. The molecule has 1 fully saturated rings. The van der Waals surface area contributed by atoms with Gasteiger partial charge >= 0.3 is 6.09 Å². The first kappa shape index (κ1) is 28.1. The van der Waals surface area contributed by atoms with E-state index >= 15 is 0 Å². The Morgan fingerprint density at radius 1 is 1.05 bits per heavy atom. The highest BCUT2D eigenvalue weighted by Gasteiger charge is 2.39. The maximum absolute atomic E-state index is 13.4. The molecule has 0 saturated carbocycles. The van der Waals surface area contributed by atoms with Crippen LogP contribution in [0.1, 0.15) is 54.4 Å². The van der Waals surface area contributed by atoms with E-state index in [1.807, 2.05) is 45.0 Å². The van der Waals surface area contributed by atoms with E-state index in [9.17, 15) is 9.18 Å². The van der Waals surface area contributed by atoms with Crippen LogP contribution in [0.4, 0.5) is 15.1 Å². The Bertz CT molecular complexity index is 1280. The van der Waals surface area contributed by atoms with Crippen molar-refractivity contribution in [3.05, 3.63) is 36.7 Å². The lowest BCUT2D eigenvalue weighted by atomic mass is 9.99. The standard InChI is InChI=1S/C29H41FN4O3Si/c1-28(2,3)36-27(35)34-24-10-9-23(37-38(7,8)29(4,5)6)15-21(24)16-25(34)22-18-31-26(32-19-22)33-13-11-20(17-30)12-14-33/h9-10,15-16,18-20H,11-14,17H2,1-8H3. The molecular weight excluding hydrogens is 499 g/mol. The van der Waals surface area contributed by atoms with Crippen molar-refractivity contribution in [3.63, 3.8) is 0 Å². The largest absolute Gasteiger partial charge is 0.543 e. The van der Waals surface area contributed by atoms with Crippen molar-refractivity contribution in [2.45, 2.75) is 78.1 Å². The highest BCUT2D eigenvalue weighted by atomic mass is 28.4. The van der Waals surface area contributed by atoms with Crippen LogP contribution < -0.4 is 9.33 Å². The summed E-state index contributed by atoms with van der Waals surface area (Å²) in [4.78, 5) is 24.7. The molecule has 3 heterocycles. The predicted molar refractivity (Wildman–Crippen MR) is 153 cm³/mol. The molecule has 7 nitrogen and oxygen atoms in total. The molecule has 9 heteroatoms. The third-order valence-corrected chi connectivity index (χ3v) is 11.9. The van der Waals surface area contributed by atoms with Gasteiger partial charge in [0.1, 0.15) is 11.4 Å².